The summed E-state index contributed by atoms with van der Waals surface area (Å²) in [6.45, 7) is -0.532. The molecule has 1 aliphatic rings. The van der Waals surface area contributed by atoms with E-state index in [1.54, 1.807) is 30.3 Å². The van der Waals surface area contributed by atoms with E-state index in [2.05, 4.69) is 0 Å². The number of amides is 3. The molecule has 25 heavy (non-hydrogen) atoms. The number of hydrogen-bond donors (Lipinski definition) is 1. The van der Waals surface area contributed by atoms with Crippen LogP contribution in [0.3, 0.4) is 0 Å². The zero-order chi connectivity index (χ0) is 17.5. The highest BCUT2D eigenvalue weighted by Gasteiger charge is 2.57. The van der Waals surface area contributed by atoms with Crippen LogP contribution >= 0.6 is 23.2 Å². The van der Waals surface area contributed by atoms with Gasteiger partial charge in [0.05, 0.1) is 22.3 Å². The number of nitrogens with zero attached hydrogens (tertiary/aromatic N) is 2. The number of aliphatic hydroxyl groups excluding tert-OH is 1. The van der Waals surface area contributed by atoms with Crippen molar-refractivity contribution in [3.05, 3.63) is 64.1 Å². The summed E-state index contributed by atoms with van der Waals surface area (Å²) >= 11 is 11.9. The van der Waals surface area contributed by atoms with Crippen LogP contribution < -0.4 is 4.90 Å². The van der Waals surface area contributed by atoms with Crippen LogP contribution in [-0.2, 0) is 10.3 Å². The number of carbonyl (C=O) groups excluding carboxylic acids is 2. The van der Waals surface area contributed by atoms with E-state index in [1.165, 1.54) is 30.1 Å². The van der Waals surface area contributed by atoms with E-state index in [-0.39, 0.29) is 12.4 Å². The first-order chi connectivity index (χ1) is 11.4. The van der Waals surface area contributed by atoms with E-state index >= 15 is 0 Å². The predicted molar refractivity (Wildman–Crippen MR) is 99.0 cm³/mol. The molecule has 132 valence electrons. The first-order valence-electron chi connectivity index (χ1n) is 7.17. The fourth-order valence-electron chi connectivity index (χ4n) is 2.88. The third-order valence-electron chi connectivity index (χ3n) is 4.25. The van der Waals surface area contributed by atoms with E-state index in [1.807, 2.05) is 0 Å². The van der Waals surface area contributed by atoms with Gasteiger partial charge in [0.2, 0.25) is 0 Å². The Morgan fingerprint density at radius 2 is 1.68 bits per heavy atom. The molecule has 1 saturated heterocycles. The number of anilines is 1. The Hall–Kier alpha value is -2.08. The van der Waals surface area contributed by atoms with E-state index in [9.17, 15) is 14.7 Å². The molecule has 0 bridgehead atoms. The molecule has 0 aliphatic carbocycles. The van der Waals surface area contributed by atoms with Gasteiger partial charge in [-0.3, -0.25) is 4.79 Å². The number of aliphatic hydroxyl groups is 1. The lowest BCUT2D eigenvalue weighted by atomic mass is 9.89. The molecule has 7 heteroatoms. The molecule has 0 radical (unpaired) electrons. The van der Waals surface area contributed by atoms with Crippen LogP contribution in [-0.4, -0.2) is 35.6 Å². The molecule has 1 N–H and O–H groups in total. The Labute approximate surface area is 156 Å². The first kappa shape index (κ1) is 19.2. The minimum atomic E-state index is -1.47. The monoisotopic (exact) mass is 380 g/mol. The molecular weight excluding hydrogens is 363 g/mol. The second-order valence-corrected chi connectivity index (χ2v) is 6.28. The number of benzene rings is 2. The van der Waals surface area contributed by atoms with Gasteiger partial charge in [-0.05, 0) is 23.8 Å². The van der Waals surface area contributed by atoms with Gasteiger partial charge in [-0.15, -0.1) is 0 Å². The topological polar surface area (TPSA) is 60.9 Å². The maximum atomic E-state index is 13.1. The highest BCUT2D eigenvalue weighted by molar-refractivity contribution is 6.42. The van der Waals surface area contributed by atoms with Gasteiger partial charge < -0.3 is 10.0 Å². The Bertz CT molecular complexity index is 813. The molecule has 1 aliphatic heterocycles. The minimum Gasteiger partial charge on any atom is -0.393 e. The average Bonchev–Trinajstić information content (AvgIpc) is 2.78. The van der Waals surface area contributed by atoms with Crippen LogP contribution in [0.1, 0.15) is 13.0 Å². The number of carbonyl (C=O) groups is 2. The van der Waals surface area contributed by atoms with Crippen molar-refractivity contribution in [2.24, 2.45) is 0 Å². The van der Waals surface area contributed by atoms with Gasteiger partial charge in [0.1, 0.15) is 0 Å². The summed E-state index contributed by atoms with van der Waals surface area (Å²) in [5, 5.41) is 10.6. The van der Waals surface area contributed by atoms with Gasteiger partial charge in [-0.2, -0.15) is 0 Å². The molecule has 1 heterocycles. The Kier molecular flexibility index (Phi) is 5.42. The van der Waals surface area contributed by atoms with E-state index in [4.69, 9.17) is 23.2 Å². The number of hydrogen-bond acceptors (Lipinski definition) is 3. The van der Waals surface area contributed by atoms with Gasteiger partial charge in [-0.25, -0.2) is 9.69 Å². The summed E-state index contributed by atoms with van der Waals surface area (Å²) in [6.07, 6.45) is 0. The van der Waals surface area contributed by atoms with Gasteiger partial charge >= 0.3 is 6.03 Å². The van der Waals surface area contributed by atoms with Crippen LogP contribution in [0.5, 0.6) is 0 Å². The Morgan fingerprint density at radius 3 is 2.24 bits per heavy atom. The van der Waals surface area contributed by atoms with Crippen molar-refractivity contribution in [3.63, 3.8) is 0 Å². The van der Waals surface area contributed by atoms with Crippen molar-refractivity contribution in [1.29, 1.82) is 0 Å². The van der Waals surface area contributed by atoms with Crippen LogP contribution in [0.25, 0.3) is 0 Å². The molecule has 3 amide bonds. The summed E-state index contributed by atoms with van der Waals surface area (Å²) < 4.78 is 0. The molecule has 1 atom stereocenters. The predicted octanol–water partition coefficient (Wildman–Crippen LogP) is 3.92. The van der Waals surface area contributed by atoms with Crippen molar-refractivity contribution in [3.8, 4) is 0 Å². The average molecular weight is 381 g/mol. The van der Waals surface area contributed by atoms with Crippen molar-refractivity contribution in [1.82, 2.24) is 4.90 Å². The van der Waals surface area contributed by atoms with Crippen molar-refractivity contribution in [2.75, 3.05) is 18.6 Å². The van der Waals surface area contributed by atoms with Gasteiger partial charge in [-0.1, -0.05) is 61.0 Å². The standard InChI is InChI=1S/C17H14Cl2N2O3.CH4/c1-20-16(24)21(12-7-8-13(18)14(19)9-12)15(23)17(20,10-22)11-5-3-2-4-6-11;/h2-9,22H,10H2,1H3;1H4/t17-;/m1./s1. The Balaban J connectivity index is 0.00000225. The van der Waals surface area contributed by atoms with Crippen molar-refractivity contribution < 1.29 is 14.7 Å². The molecule has 2 aromatic carbocycles. The summed E-state index contributed by atoms with van der Waals surface area (Å²) in [5.41, 5.74) is -0.627. The third-order valence-corrected chi connectivity index (χ3v) is 4.99. The number of halogens is 2. The maximum absolute atomic E-state index is 13.1. The lowest BCUT2D eigenvalue weighted by Gasteiger charge is -2.31. The van der Waals surface area contributed by atoms with Gasteiger partial charge in [0, 0.05) is 7.05 Å². The normalized spacial score (nSPS) is 20.0. The van der Waals surface area contributed by atoms with Gasteiger partial charge in [0.15, 0.2) is 5.54 Å². The van der Waals surface area contributed by atoms with Crippen LogP contribution in [0, 0.1) is 0 Å². The maximum Gasteiger partial charge on any atom is 0.332 e. The van der Waals surface area contributed by atoms with Crippen LogP contribution in [0.15, 0.2) is 48.5 Å². The molecule has 3 rings (SSSR count). The molecule has 0 unspecified atom stereocenters. The van der Waals surface area contributed by atoms with E-state index < -0.39 is 24.1 Å². The third kappa shape index (κ3) is 2.78. The number of urea groups is 1. The summed E-state index contributed by atoms with van der Waals surface area (Å²) in [4.78, 5) is 28.1. The molecule has 0 aromatic heterocycles. The number of rotatable bonds is 3. The largest absolute Gasteiger partial charge is 0.393 e. The molecule has 0 saturated carbocycles. The molecular formula is C18H18Cl2N2O3. The first-order valence-corrected chi connectivity index (χ1v) is 7.93. The SMILES string of the molecule is C.CN1C(=O)N(c2ccc(Cl)c(Cl)c2)C(=O)[C@@]1(CO)c1ccccc1. The van der Waals surface area contributed by atoms with E-state index in [0.717, 1.165) is 4.90 Å². The highest BCUT2D eigenvalue weighted by Crippen LogP contribution is 2.39. The summed E-state index contributed by atoms with van der Waals surface area (Å²) in [5.74, 6) is -0.540. The van der Waals surface area contributed by atoms with Crippen LogP contribution in [0.4, 0.5) is 10.5 Å². The molecule has 0 spiro atoms. The zero-order valence-corrected chi connectivity index (χ0v) is 14.3. The fraction of sp³-hybridized carbons (Fsp3) is 0.222. The lowest BCUT2D eigenvalue weighted by molar-refractivity contribution is -0.127. The van der Waals surface area contributed by atoms with Gasteiger partial charge in [0.25, 0.3) is 5.91 Å². The second-order valence-electron chi connectivity index (χ2n) is 5.46. The fourth-order valence-corrected chi connectivity index (χ4v) is 3.17. The lowest BCUT2D eigenvalue weighted by Crippen LogP contribution is -2.48. The molecule has 1 fully saturated rings. The van der Waals surface area contributed by atoms with Crippen LogP contribution in [0.2, 0.25) is 10.0 Å². The Morgan fingerprint density at radius 1 is 1.04 bits per heavy atom. The van der Waals surface area contributed by atoms with Crippen molar-refractivity contribution in [2.45, 2.75) is 13.0 Å². The second kappa shape index (κ2) is 7.04. The molecule has 5 nitrogen and oxygen atoms in total. The zero-order valence-electron chi connectivity index (χ0n) is 12.7. The van der Waals surface area contributed by atoms with E-state index in [0.29, 0.717) is 16.3 Å². The minimum absolute atomic E-state index is 0. The smallest absolute Gasteiger partial charge is 0.332 e. The highest BCUT2D eigenvalue weighted by atomic mass is 35.5. The number of imide groups is 1. The number of likely N-dealkylation sites (N-methyl/N-ethyl adjacent to an activating group) is 1. The summed E-state index contributed by atoms with van der Waals surface area (Å²) in [7, 11) is 1.49. The summed E-state index contributed by atoms with van der Waals surface area (Å²) in [6, 6.07) is 12.7. The quantitative estimate of drug-likeness (QED) is 0.820. The van der Waals surface area contributed by atoms with Crippen molar-refractivity contribution >= 4 is 40.8 Å². The molecule has 2 aromatic rings.